The number of rotatable bonds is 67. The van der Waals surface area contributed by atoms with Gasteiger partial charge >= 0.3 is 39.5 Å². The highest BCUT2D eigenvalue weighted by Crippen LogP contribution is 2.45. The van der Waals surface area contributed by atoms with E-state index in [0.29, 0.717) is 37.5 Å². The molecular weight excluding hydrogens is 1170 g/mol. The van der Waals surface area contributed by atoms with Gasteiger partial charge in [0.2, 0.25) is 0 Å². The first-order valence-electron chi connectivity index (χ1n) is 36.2. The van der Waals surface area contributed by atoms with Crippen LogP contribution in [-0.4, -0.2) is 96.7 Å². The van der Waals surface area contributed by atoms with E-state index in [1.807, 2.05) is 0 Å². The van der Waals surface area contributed by atoms with Gasteiger partial charge in [0.15, 0.2) is 12.2 Å². The molecule has 17 nitrogen and oxygen atoms in total. The van der Waals surface area contributed by atoms with Crippen LogP contribution in [0.15, 0.2) is 0 Å². The molecule has 0 aliphatic carbocycles. The monoisotopic (exact) mass is 1310 g/mol. The predicted molar refractivity (Wildman–Crippen MR) is 358 cm³/mol. The number of ether oxygens (including phenoxy) is 4. The molecule has 89 heavy (non-hydrogen) atoms. The van der Waals surface area contributed by atoms with Gasteiger partial charge in [-0.05, 0) is 49.4 Å². The molecule has 0 fully saturated rings. The molecule has 0 aliphatic rings. The number of unbranched alkanes of at least 4 members (excludes halogenated alkanes) is 32. The average molecular weight is 1310 g/mol. The second-order valence-corrected chi connectivity index (χ2v) is 29.8. The molecule has 0 saturated heterocycles. The number of hydrogen-bond donors (Lipinski definition) is 3. The highest BCUT2D eigenvalue weighted by atomic mass is 31.2. The first kappa shape index (κ1) is 87.1. The quantitative estimate of drug-likeness (QED) is 0.0222. The van der Waals surface area contributed by atoms with Crippen LogP contribution in [0.4, 0.5) is 0 Å². The Morgan fingerprint density at radius 1 is 0.315 bits per heavy atom. The Balaban J connectivity index is 5.21. The molecular formula is C70H136O17P2. The maximum absolute atomic E-state index is 13.0. The average Bonchev–Trinajstić information content (AvgIpc) is 3.50. The maximum atomic E-state index is 13.0. The van der Waals surface area contributed by atoms with Crippen LogP contribution in [0.5, 0.6) is 0 Å². The molecule has 0 rings (SSSR count). The van der Waals surface area contributed by atoms with Crippen LogP contribution in [0.3, 0.4) is 0 Å². The normalized spacial score (nSPS) is 14.6. The Labute approximate surface area is 543 Å². The van der Waals surface area contributed by atoms with Crippen LogP contribution in [0.1, 0.15) is 344 Å². The van der Waals surface area contributed by atoms with Crippen LogP contribution in [0.2, 0.25) is 0 Å². The van der Waals surface area contributed by atoms with Crippen molar-refractivity contribution in [2.75, 3.05) is 39.6 Å². The summed E-state index contributed by atoms with van der Waals surface area (Å²) in [5, 5.41) is 10.6. The van der Waals surface area contributed by atoms with Gasteiger partial charge in [0, 0.05) is 25.7 Å². The minimum atomic E-state index is -4.95. The van der Waals surface area contributed by atoms with Gasteiger partial charge in [-0.1, -0.05) is 293 Å². The Morgan fingerprint density at radius 3 is 0.798 bits per heavy atom. The number of aliphatic hydroxyl groups excluding tert-OH is 1. The Hall–Kier alpha value is -1.94. The lowest BCUT2D eigenvalue weighted by Gasteiger charge is -2.21. The van der Waals surface area contributed by atoms with Crippen LogP contribution in [0.25, 0.3) is 0 Å². The maximum Gasteiger partial charge on any atom is 0.472 e. The van der Waals surface area contributed by atoms with Gasteiger partial charge in [-0.25, -0.2) is 9.13 Å². The van der Waals surface area contributed by atoms with Crippen molar-refractivity contribution >= 4 is 39.5 Å². The van der Waals surface area contributed by atoms with Gasteiger partial charge in [-0.3, -0.25) is 37.3 Å². The molecule has 0 aromatic rings. The molecule has 0 aliphatic heterocycles. The molecule has 0 radical (unpaired) electrons. The lowest BCUT2D eigenvalue weighted by molar-refractivity contribution is -0.161. The molecule has 6 atom stereocenters. The number of carbonyl (C=O) groups excluding carboxylic acids is 4. The number of carbonyl (C=O) groups is 4. The number of aliphatic hydroxyl groups is 1. The summed E-state index contributed by atoms with van der Waals surface area (Å²) in [4.78, 5) is 72.5. The van der Waals surface area contributed by atoms with E-state index in [4.69, 9.17) is 37.0 Å². The van der Waals surface area contributed by atoms with Crippen LogP contribution >= 0.6 is 15.6 Å². The lowest BCUT2D eigenvalue weighted by atomic mass is 9.99. The number of phosphoric acid groups is 2. The molecule has 0 spiro atoms. The van der Waals surface area contributed by atoms with E-state index in [2.05, 4.69) is 55.4 Å². The fourth-order valence-electron chi connectivity index (χ4n) is 10.5. The lowest BCUT2D eigenvalue weighted by Crippen LogP contribution is -2.30. The molecule has 0 aromatic carbocycles. The van der Waals surface area contributed by atoms with Crippen molar-refractivity contribution in [3.63, 3.8) is 0 Å². The zero-order valence-electron chi connectivity index (χ0n) is 58.1. The van der Waals surface area contributed by atoms with Crippen molar-refractivity contribution < 1.29 is 80.2 Å². The van der Waals surface area contributed by atoms with Gasteiger partial charge in [-0.2, -0.15) is 0 Å². The summed E-state index contributed by atoms with van der Waals surface area (Å²) >= 11 is 0. The Kier molecular flexibility index (Phi) is 58.5. The molecule has 0 saturated carbocycles. The summed E-state index contributed by atoms with van der Waals surface area (Å²) in [7, 11) is -9.90. The number of phosphoric ester groups is 2. The fraction of sp³-hybridized carbons (Fsp3) is 0.943. The van der Waals surface area contributed by atoms with Gasteiger partial charge < -0.3 is 33.8 Å². The van der Waals surface area contributed by atoms with Crippen LogP contribution in [0, 0.1) is 23.7 Å². The van der Waals surface area contributed by atoms with E-state index in [1.165, 1.54) is 141 Å². The van der Waals surface area contributed by atoms with Crippen LogP contribution in [-0.2, 0) is 65.4 Å². The summed E-state index contributed by atoms with van der Waals surface area (Å²) in [6.45, 7) is 14.0. The van der Waals surface area contributed by atoms with Crippen molar-refractivity contribution in [3.05, 3.63) is 0 Å². The first-order chi connectivity index (χ1) is 42.6. The summed E-state index contributed by atoms with van der Waals surface area (Å²) in [5.41, 5.74) is 0. The summed E-state index contributed by atoms with van der Waals surface area (Å²) in [6, 6.07) is 0. The third kappa shape index (κ3) is 63.2. The van der Waals surface area contributed by atoms with Crippen molar-refractivity contribution in [3.8, 4) is 0 Å². The van der Waals surface area contributed by atoms with E-state index in [-0.39, 0.29) is 25.7 Å². The molecule has 528 valence electrons. The topological polar surface area (TPSA) is 237 Å². The van der Waals surface area contributed by atoms with Crippen molar-refractivity contribution in [1.29, 1.82) is 0 Å². The molecule has 0 heterocycles. The van der Waals surface area contributed by atoms with Gasteiger partial charge in [0.25, 0.3) is 0 Å². The highest BCUT2D eigenvalue weighted by molar-refractivity contribution is 7.47. The van der Waals surface area contributed by atoms with Crippen LogP contribution < -0.4 is 0 Å². The highest BCUT2D eigenvalue weighted by Gasteiger charge is 2.30. The first-order valence-corrected chi connectivity index (χ1v) is 39.2. The summed E-state index contributed by atoms with van der Waals surface area (Å²) < 4.78 is 68.2. The molecule has 3 N–H and O–H groups in total. The second-order valence-electron chi connectivity index (χ2n) is 26.9. The molecule has 19 heteroatoms. The number of hydrogen-bond acceptors (Lipinski definition) is 15. The third-order valence-electron chi connectivity index (χ3n) is 16.4. The Bertz CT molecular complexity index is 1770. The molecule has 0 aromatic heterocycles. The van der Waals surface area contributed by atoms with Gasteiger partial charge in [0.05, 0.1) is 26.4 Å². The second kappa shape index (κ2) is 59.8. The summed E-state index contributed by atoms with van der Waals surface area (Å²) in [6.07, 6.45) is 41.9. The Morgan fingerprint density at radius 2 is 0.539 bits per heavy atom. The molecule has 3 unspecified atom stereocenters. The van der Waals surface area contributed by atoms with Crippen molar-refractivity contribution in [2.45, 2.75) is 363 Å². The molecule has 0 bridgehead atoms. The van der Waals surface area contributed by atoms with E-state index < -0.39 is 97.5 Å². The predicted octanol–water partition coefficient (Wildman–Crippen LogP) is 19.7. The minimum absolute atomic E-state index is 0.103. The SMILES string of the molecule is CCC(C)CCCCCCCCCCCCC(=O)O[C@H](COC(=O)CCCCCCCCC(C)C)COP(=O)(O)OC[C@H](O)COP(=O)(O)OC[C@@H](COC(=O)CCCCCCCCCCCCCCCC(C)C)OC(=O)CCCCCCCCCC(C)C. The van der Waals surface area contributed by atoms with Gasteiger partial charge in [0.1, 0.15) is 19.3 Å². The van der Waals surface area contributed by atoms with E-state index in [9.17, 15) is 43.2 Å². The third-order valence-corrected chi connectivity index (χ3v) is 18.3. The van der Waals surface area contributed by atoms with E-state index in [1.54, 1.807) is 0 Å². The largest absolute Gasteiger partial charge is 0.472 e. The minimum Gasteiger partial charge on any atom is -0.462 e. The molecule has 0 amide bonds. The van der Waals surface area contributed by atoms with E-state index in [0.717, 1.165) is 108 Å². The summed E-state index contributed by atoms with van der Waals surface area (Å²) in [5.74, 6) is 0.836. The van der Waals surface area contributed by atoms with Crippen molar-refractivity contribution in [2.24, 2.45) is 23.7 Å². The fourth-order valence-corrected chi connectivity index (χ4v) is 12.0. The zero-order chi connectivity index (χ0) is 66.1. The standard InChI is InChI=1S/C70H136O17P2/c1-9-63(8)49-41-33-24-18-15-16-20-26-36-44-52-69(74)86-66(57-81-68(73)51-43-35-29-28-32-40-48-62(6)7)59-85-89(78,79)83-55-64(71)54-82-88(76,77)84-58-65(87-70(75)53-45-37-27-21-23-31-39-47-61(4)5)56-80-67(72)50-42-34-25-19-14-12-10-11-13-17-22-30-38-46-60(2)3/h60-66,71H,9-59H2,1-8H3,(H,76,77)(H,78,79)/t63?,64-,65-,66-/m1/s1. The smallest absolute Gasteiger partial charge is 0.462 e. The van der Waals surface area contributed by atoms with E-state index >= 15 is 0 Å². The zero-order valence-corrected chi connectivity index (χ0v) is 59.8. The van der Waals surface area contributed by atoms with Crippen molar-refractivity contribution in [1.82, 2.24) is 0 Å². The van der Waals surface area contributed by atoms with Gasteiger partial charge in [-0.15, -0.1) is 0 Å². The number of esters is 4.